The Labute approximate surface area is 113 Å². The van der Waals surface area contributed by atoms with Gasteiger partial charge in [-0.3, -0.25) is 0 Å². The molecule has 0 heterocycles. The SMILES string of the molecule is CCCCOC(CO)(CO)C(C)(C)C(C)([SiH3])Cl. The van der Waals surface area contributed by atoms with Crippen LogP contribution in [0.3, 0.4) is 0 Å². The van der Waals surface area contributed by atoms with Gasteiger partial charge in [0, 0.05) is 26.8 Å². The second kappa shape index (κ2) is 6.52. The summed E-state index contributed by atoms with van der Waals surface area (Å²) < 4.78 is 5.34. The van der Waals surface area contributed by atoms with Crippen LogP contribution >= 0.6 is 11.6 Å². The molecule has 0 aromatic rings. The Bertz CT molecular complexity index is 222. The summed E-state index contributed by atoms with van der Waals surface area (Å²) in [7, 11) is 0.749. The summed E-state index contributed by atoms with van der Waals surface area (Å²) in [6.07, 6.45) is 1.93. The molecule has 0 fully saturated rings. The number of aliphatic hydroxyl groups excluding tert-OH is 2. The van der Waals surface area contributed by atoms with Gasteiger partial charge in [0.2, 0.25) is 0 Å². The fraction of sp³-hybridized carbons (Fsp3) is 1.00. The van der Waals surface area contributed by atoms with Crippen molar-refractivity contribution in [3.63, 3.8) is 0 Å². The van der Waals surface area contributed by atoms with E-state index >= 15 is 0 Å². The standard InChI is InChI=1S/C12H27ClO3Si/c1-5-6-7-16-12(8-14,9-15)10(2,3)11(4,13)17/h14-15H,5-9H2,1-4,17H3. The quantitative estimate of drug-likeness (QED) is 0.395. The zero-order chi connectivity index (χ0) is 13.7. The highest BCUT2D eigenvalue weighted by molar-refractivity contribution is 6.45. The largest absolute Gasteiger partial charge is 0.393 e. The maximum absolute atomic E-state index is 9.65. The minimum absolute atomic E-state index is 0.217. The minimum atomic E-state index is -0.972. The van der Waals surface area contributed by atoms with E-state index in [-0.39, 0.29) is 13.2 Å². The van der Waals surface area contributed by atoms with Gasteiger partial charge in [0.15, 0.2) is 0 Å². The van der Waals surface area contributed by atoms with Crippen LogP contribution in [-0.2, 0) is 4.74 Å². The van der Waals surface area contributed by atoms with Crippen LogP contribution in [0.5, 0.6) is 0 Å². The van der Waals surface area contributed by atoms with E-state index < -0.39 is 15.5 Å². The van der Waals surface area contributed by atoms with Crippen molar-refractivity contribution < 1.29 is 14.9 Å². The Kier molecular flexibility index (Phi) is 6.67. The Morgan fingerprint density at radius 2 is 1.65 bits per heavy atom. The maximum Gasteiger partial charge on any atom is 0.120 e. The maximum atomic E-state index is 9.65. The third-order valence-corrected chi connectivity index (χ3v) is 5.73. The van der Waals surface area contributed by atoms with Crippen molar-refractivity contribution in [3.05, 3.63) is 0 Å². The molecule has 104 valence electrons. The van der Waals surface area contributed by atoms with Gasteiger partial charge in [-0.15, -0.1) is 11.6 Å². The highest BCUT2D eigenvalue weighted by Gasteiger charge is 2.53. The van der Waals surface area contributed by atoms with E-state index in [1.54, 1.807) is 0 Å². The molecule has 0 aliphatic carbocycles. The number of alkyl halides is 1. The summed E-state index contributed by atoms with van der Waals surface area (Å²) in [5, 5.41) is 19.3. The average molecular weight is 283 g/mol. The van der Waals surface area contributed by atoms with Crippen LogP contribution < -0.4 is 0 Å². The zero-order valence-electron chi connectivity index (χ0n) is 11.7. The van der Waals surface area contributed by atoms with Gasteiger partial charge in [-0.25, -0.2) is 0 Å². The van der Waals surface area contributed by atoms with Crippen LogP contribution in [0.2, 0.25) is 0 Å². The van der Waals surface area contributed by atoms with E-state index in [0.717, 1.165) is 23.1 Å². The van der Waals surface area contributed by atoms with E-state index in [1.807, 2.05) is 20.8 Å². The molecule has 0 aliphatic heterocycles. The molecule has 0 saturated heterocycles. The lowest BCUT2D eigenvalue weighted by Gasteiger charge is -2.50. The summed E-state index contributed by atoms with van der Waals surface area (Å²) in [6, 6.07) is 0. The molecule has 0 radical (unpaired) electrons. The molecule has 0 aromatic heterocycles. The number of aliphatic hydroxyl groups is 2. The minimum Gasteiger partial charge on any atom is -0.393 e. The van der Waals surface area contributed by atoms with E-state index in [1.165, 1.54) is 0 Å². The second-order valence-electron chi connectivity index (χ2n) is 5.61. The van der Waals surface area contributed by atoms with Gasteiger partial charge in [0.25, 0.3) is 0 Å². The van der Waals surface area contributed by atoms with Crippen molar-refractivity contribution in [1.82, 2.24) is 0 Å². The lowest BCUT2D eigenvalue weighted by atomic mass is 9.72. The molecular formula is C12H27ClO3Si. The van der Waals surface area contributed by atoms with Crippen LogP contribution in [0.25, 0.3) is 0 Å². The summed E-state index contributed by atoms with van der Waals surface area (Å²) in [4.78, 5) is 0. The highest BCUT2D eigenvalue weighted by atomic mass is 35.5. The first-order valence-electron chi connectivity index (χ1n) is 6.23. The molecule has 3 nitrogen and oxygen atoms in total. The van der Waals surface area contributed by atoms with Crippen LogP contribution in [-0.4, -0.2) is 50.4 Å². The van der Waals surface area contributed by atoms with Crippen molar-refractivity contribution in [2.75, 3.05) is 19.8 Å². The van der Waals surface area contributed by atoms with E-state index in [9.17, 15) is 10.2 Å². The van der Waals surface area contributed by atoms with Crippen LogP contribution in [0, 0.1) is 5.41 Å². The zero-order valence-corrected chi connectivity index (χ0v) is 14.5. The van der Waals surface area contributed by atoms with E-state index in [4.69, 9.17) is 16.3 Å². The van der Waals surface area contributed by atoms with Crippen molar-refractivity contribution in [2.24, 2.45) is 5.41 Å². The van der Waals surface area contributed by atoms with Gasteiger partial charge in [0.05, 0.1) is 13.2 Å². The molecule has 0 aromatic carbocycles. The summed E-state index contributed by atoms with van der Waals surface area (Å²) in [5.74, 6) is 0. The molecule has 0 rings (SSSR count). The van der Waals surface area contributed by atoms with Gasteiger partial charge in [-0.2, -0.15) is 0 Å². The first-order chi connectivity index (χ1) is 7.68. The first kappa shape index (κ1) is 17.4. The normalized spacial score (nSPS) is 17.1. The van der Waals surface area contributed by atoms with E-state index in [2.05, 4.69) is 6.92 Å². The van der Waals surface area contributed by atoms with Crippen LogP contribution in [0.1, 0.15) is 40.5 Å². The van der Waals surface area contributed by atoms with Gasteiger partial charge in [-0.05, 0) is 13.3 Å². The van der Waals surface area contributed by atoms with Crippen molar-refractivity contribution >= 4 is 21.8 Å². The number of halogens is 1. The first-order valence-corrected chi connectivity index (χ1v) is 7.61. The Morgan fingerprint density at radius 1 is 1.18 bits per heavy atom. The molecule has 0 saturated carbocycles. The lowest BCUT2D eigenvalue weighted by Crippen LogP contribution is -2.61. The topological polar surface area (TPSA) is 49.7 Å². The predicted octanol–water partition coefficient (Wildman–Crippen LogP) is 0.873. The smallest absolute Gasteiger partial charge is 0.120 e. The second-order valence-corrected chi connectivity index (χ2v) is 9.19. The number of hydrogen-bond donors (Lipinski definition) is 2. The summed E-state index contributed by atoms with van der Waals surface area (Å²) >= 11 is 6.44. The monoisotopic (exact) mass is 282 g/mol. The van der Waals surface area contributed by atoms with Gasteiger partial charge in [-0.1, -0.05) is 27.2 Å². The number of rotatable bonds is 8. The molecule has 0 amide bonds. The molecule has 2 N–H and O–H groups in total. The number of ether oxygens (including phenoxy) is 1. The Balaban J connectivity index is 5.04. The molecule has 5 heteroatoms. The molecule has 0 aliphatic rings. The van der Waals surface area contributed by atoms with Crippen LogP contribution in [0.4, 0.5) is 0 Å². The van der Waals surface area contributed by atoms with E-state index in [0.29, 0.717) is 6.61 Å². The third-order valence-electron chi connectivity index (χ3n) is 4.01. The summed E-state index contributed by atoms with van der Waals surface area (Å²) in [6.45, 7) is 8.01. The van der Waals surface area contributed by atoms with Crippen molar-refractivity contribution in [2.45, 2.75) is 50.6 Å². The molecule has 0 spiro atoms. The molecule has 0 bridgehead atoms. The average Bonchev–Trinajstić information content (AvgIpc) is 2.23. The fourth-order valence-corrected chi connectivity index (χ4v) is 2.30. The number of hydrogen-bond acceptors (Lipinski definition) is 3. The van der Waals surface area contributed by atoms with Gasteiger partial charge < -0.3 is 14.9 Å². The Morgan fingerprint density at radius 3 is 1.94 bits per heavy atom. The Hall–Kier alpha value is 0.387. The van der Waals surface area contributed by atoms with Crippen molar-refractivity contribution in [1.29, 1.82) is 0 Å². The molecule has 17 heavy (non-hydrogen) atoms. The molecule has 1 unspecified atom stereocenters. The van der Waals surface area contributed by atoms with Crippen molar-refractivity contribution in [3.8, 4) is 0 Å². The van der Waals surface area contributed by atoms with Gasteiger partial charge >= 0.3 is 0 Å². The lowest BCUT2D eigenvalue weighted by molar-refractivity contribution is -0.176. The van der Waals surface area contributed by atoms with Crippen LogP contribution in [0.15, 0.2) is 0 Å². The summed E-state index contributed by atoms with van der Waals surface area (Å²) in [5.41, 5.74) is -1.47. The molecule has 1 atom stereocenters. The van der Waals surface area contributed by atoms with Gasteiger partial charge in [0.1, 0.15) is 5.60 Å². The molecular weight excluding hydrogens is 256 g/mol. The third kappa shape index (κ3) is 3.67. The predicted molar refractivity (Wildman–Crippen MR) is 75.7 cm³/mol. The number of unbranched alkanes of at least 4 members (excludes halogenated alkanes) is 1. The fourth-order valence-electron chi connectivity index (χ4n) is 1.67. The highest BCUT2D eigenvalue weighted by Crippen LogP contribution is 2.45.